The molecule has 0 saturated heterocycles. The number of hydrogen-bond donors (Lipinski definition) is 0. The Hall–Kier alpha value is -2.10. The molecule has 4 heteroatoms. The van der Waals surface area contributed by atoms with Gasteiger partial charge < -0.3 is 9.47 Å². The molecule has 37 heavy (non-hydrogen) atoms. The Labute approximate surface area is 227 Å². The van der Waals surface area contributed by atoms with Crippen molar-refractivity contribution >= 4 is 11.9 Å². The van der Waals surface area contributed by atoms with Crippen LogP contribution in [0.15, 0.2) is 42.5 Å². The Bertz CT molecular complexity index is 698. The van der Waals surface area contributed by atoms with Gasteiger partial charge in [0.2, 0.25) is 0 Å². The molecule has 1 rings (SSSR count). The van der Waals surface area contributed by atoms with Gasteiger partial charge in [0.15, 0.2) is 0 Å². The average molecular weight is 515 g/mol. The summed E-state index contributed by atoms with van der Waals surface area (Å²) < 4.78 is 11.2. The molecule has 4 nitrogen and oxygen atoms in total. The quantitative estimate of drug-likeness (QED) is 0.0782. The predicted molar refractivity (Wildman–Crippen MR) is 154 cm³/mol. The number of benzene rings is 1. The van der Waals surface area contributed by atoms with Gasteiger partial charge in [0.1, 0.15) is 12.7 Å². The zero-order valence-corrected chi connectivity index (χ0v) is 23.9. The van der Waals surface area contributed by atoms with Gasteiger partial charge in [0.25, 0.3) is 0 Å². The fourth-order valence-electron chi connectivity index (χ4n) is 4.38. The molecule has 210 valence electrons. The van der Waals surface area contributed by atoms with Crippen molar-refractivity contribution in [3.63, 3.8) is 0 Å². The molecule has 0 fully saturated rings. The van der Waals surface area contributed by atoms with Gasteiger partial charge in [-0.2, -0.15) is 0 Å². The van der Waals surface area contributed by atoms with Crippen LogP contribution in [0.1, 0.15) is 141 Å². The zero-order chi connectivity index (χ0) is 26.8. The maximum absolute atomic E-state index is 12.3. The van der Waals surface area contributed by atoms with Gasteiger partial charge >= 0.3 is 11.9 Å². The molecule has 0 heterocycles. The summed E-state index contributed by atoms with van der Waals surface area (Å²) >= 11 is 0. The number of carbonyl (C=O) groups is 2. The van der Waals surface area contributed by atoms with E-state index < -0.39 is 0 Å². The summed E-state index contributed by atoms with van der Waals surface area (Å²) in [6.07, 6.45) is 24.5. The van der Waals surface area contributed by atoms with E-state index >= 15 is 0 Å². The van der Waals surface area contributed by atoms with Crippen LogP contribution in [-0.4, -0.2) is 18.0 Å². The Morgan fingerprint density at radius 1 is 0.703 bits per heavy atom. The highest BCUT2D eigenvalue weighted by molar-refractivity contribution is 5.69. The largest absolute Gasteiger partial charge is 0.462 e. The third-order valence-corrected chi connectivity index (χ3v) is 6.72. The molecule has 0 aromatic heterocycles. The van der Waals surface area contributed by atoms with E-state index in [4.69, 9.17) is 9.47 Å². The Kier molecular flexibility index (Phi) is 21.6. The lowest BCUT2D eigenvalue weighted by molar-refractivity contribution is -0.149. The topological polar surface area (TPSA) is 52.6 Å². The summed E-state index contributed by atoms with van der Waals surface area (Å²) in [5, 5.41) is 0. The molecule has 0 spiro atoms. The maximum Gasteiger partial charge on any atom is 0.306 e. The number of rotatable bonds is 24. The maximum atomic E-state index is 12.3. The number of esters is 2. The zero-order valence-electron chi connectivity index (χ0n) is 23.9. The van der Waals surface area contributed by atoms with Crippen molar-refractivity contribution < 1.29 is 19.1 Å². The molecule has 0 aliphatic rings. The van der Waals surface area contributed by atoms with E-state index in [0.717, 1.165) is 69.8 Å². The summed E-state index contributed by atoms with van der Waals surface area (Å²) in [7, 11) is 0. The van der Waals surface area contributed by atoms with Gasteiger partial charge in [-0.15, -0.1) is 0 Å². The van der Waals surface area contributed by atoms with Gasteiger partial charge in [-0.3, -0.25) is 9.59 Å². The second-order valence-corrected chi connectivity index (χ2v) is 10.3. The van der Waals surface area contributed by atoms with Crippen LogP contribution in [0, 0.1) is 0 Å². The summed E-state index contributed by atoms with van der Waals surface area (Å²) in [4.78, 5) is 24.2. The number of allylic oxidation sites excluding steroid dienone is 1. The fraction of sp³-hybridized carbons (Fsp3) is 0.697. The highest BCUT2D eigenvalue weighted by Crippen LogP contribution is 2.15. The van der Waals surface area contributed by atoms with E-state index in [-0.39, 0.29) is 18.0 Å². The summed E-state index contributed by atoms with van der Waals surface area (Å²) in [5.41, 5.74) is 1.03. The fourth-order valence-corrected chi connectivity index (χ4v) is 4.38. The molecule has 0 radical (unpaired) electrons. The molecule has 1 unspecified atom stereocenters. The van der Waals surface area contributed by atoms with Crippen molar-refractivity contribution in [3.8, 4) is 0 Å². The van der Waals surface area contributed by atoms with Crippen molar-refractivity contribution in [2.75, 3.05) is 0 Å². The van der Waals surface area contributed by atoms with Gasteiger partial charge in [-0.25, -0.2) is 0 Å². The first-order chi connectivity index (χ1) is 18.2. The Morgan fingerprint density at radius 3 is 2.00 bits per heavy atom. The second kappa shape index (κ2) is 24.2. The SMILES string of the molecule is CCCCCCCC(=O)OC(C/C=C/CCCCCCCC(=O)OCc1ccccc1)CCCCCC. The van der Waals surface area contributed by atoms with E-state index in [9.17, 15) is 9.59 Å². The van der Waals surface area contributed by atoms with Crippen molar-refractivity contribution in [2.24, 2.45) is 0 Å². The van der Waals surface area contributed by atoms with Crippen molar-refractivity contribution in [2.45, 2.75) is 149 Å². The van der Waals surface area contributed by atoms with Gasteiger partial charge in [-0.05, 0) is 44.1 Å². The summed E-state index contributed by atoms with van der Waals surface area (Å²) in [6, 6.07) is 9.81. The van der Waals surface area contributed by atoms with Crippen molar-refractivity contribution in [3.05, 3.63) is 48.0 Å². The van der Waals surface area contributed by atoms with Crippen LogP contribution in [0.3, 0.4) is 0 Å². The van der Waals surface area contributed by atoms with Gasteiger partial charge in [-0.1, -0.05) is 121 Å². The molecule has 1 aromatic rings. The molecule has 0 aliphatic heterocycles. The monoisotopic (exact) mass is 514 g/mol. The van der Waals surface area contributed by atoms with Crippen molar-refractivity contribution in [1.82, 2.24) is 0 Å². The minimum absolute atomic E-state index is 0.0191. The molecule has 1 atom stereocenters. The molecule has 0 aliphatic carbocycles. The lowest BCUT2D eigenvalue weighted by atomic mass is 10.1. The first-order valence-corrected chi connectivity index (χ1v) is 15.2. The van der Waals surface area contributed by atoms with Crippen LogP contribution in [0.4, 0.5) is 0 Å². The molecule has 0 bridgehead atoms. The normalized spacial score (nSPS) is 12.1. The van der Waals surface area contributed by atoms with E-state index in [0.29, 0.717) is 19.4 Å². The predicted octanol–water partition coefficient (Wildman–Crippen LogP) is 9.65. The van der Waals surface area contributed by atoms with Crippen LogP contribution in [0.25, 0.3) is 0 Å². The summed E-state index contributed by atoms with van der Waals surface area (Å²) in [6.45, 7) is 4.80. The van der Waals surface area contributed by atoms with Crippen LogP contribution >= 0.6 is 0 Å². The van der Waals surface area contributed by atoms with E-state index in [1.807, 2.05) is 30.3 Å². The molecule has 0 amide bonds. The lowest BCUT2D eigenvalue weighted by Gasteiger charge is -2.16. The van der Waals surface area contributed by atoms with Crippen molar-refractivity contribution in [1.29, 1.82) is 0 Å². The van der Waals surface area contributed by atoms with E-state index in [1.165, 1.54) is 44.9 Å². The minimum atomic E-state index is -0.103. The summed E-state index contributed by atoms with van der Waals surface area (Å²) in [5.74, 6) is -0.123. The van der Waals surface area contributed by atoms with E-state index in [1.54, 1.807) is 0 Å². The standard InChI is InChI=1S/C33H54O4/c1-3-5-7-13-22-28-33(35)37-31(25-19-8-6-4-2)26-20-14-11-9-10-12-15-21-27-32(34)36-29-30-23-17-16-18-24-30/h14,16-18,20,23-24,31H,3-13,15,19,21-22,25-29H2,1-2H3/b20-14+. The molecular formula is C33H54O4. The number of hydrogen-bond acceptors (Lipinski definition) is 4. The Balaban J connectivity index is 2.11. The number of ether oxygens (including phenoxy) is 2. The third kappa shape index (κ3) is 20.6. The highest BCUT2D eigenvalue weighted by atomic mass is 16.5. The number of carbonyl (C=O) groups excluding carboxylic acids is 2. The molecule has 1 aromatic carbocycles. The van der Waals surface area contributed by atoms with Crippen LogP contribution in [0.5, 0.6) is 0 Å². The smallest absolute Gasteiger partial charge is 0.306 e. The second-order valence-electron chi connectivity index (χ2n) is 10.3. The third-order valence-electron chi connectivity index (χ3n) is 6.72. The minimum Gasteiger partial charge on any atom is -0.462 e. The van der Waals surface area contributed by atoms with Gasteiger partial charge in [0.05, 0.1) is 0 Å². The first kappa shape index (κ1) is 32.9. The lowest BCUT2D eigenvalue weighted by Crippen LogP contribution is -2.17. The highest BCUT2D eigenvalue weighted by Gasteiger charge is 2.13. The van der Waals surface area contributed by atoms with E-state index in [2.05, 4.69) is 26.0 Å². The molecule has 0 N–H and O–H groups in total. The van der Waals surface area contributed by atoms with Gasteiger partial charge in [0, 0.05) is 19.3 Å². The van der Waals surface area contributed by atoms with Crippen LogP contribution in [0.2, 0.25) is 0 Å². The first-order valence-electron chi connectivity index (χ1n) is 15.2. The molecular weight excluding hydrogens is 460 g/mol. The van der Waals surface area contributed by atoms with Crippen LogP contribution < -0.4 is 0 Å². The number of unbranched alkanes of at least 4 members (excludes halogenated alkanes) is 12. The Morgan fingerprint density at radius 2 is 1.30 bits per heavy atom. The van der Waals surface area contributed by atoms with Crippen LogP contribution in [-0.2, 0) is 25.7 Å². The average Bonchev–Trinajstić information content (AvgIpc) is 2.91. The molecule has 0 saturated carbocycles.